The first-order valence-electron chi connectivity index (χ1n) is 23.6. The Morgan fingerprint density at radius 1 is 0.360 bits per heavy atom. The SMILES string of the molecule is CCCCCCCCCCCCCCCCCCCCCN(CCCCCCCCCCCCCCCCCCCCC)C(CC)CC(=O)O. The number of carbonyl (C=O) groups is 1. The molecule has 0 amide bonds. The standard InChI is InChI=1S/C47H95NO2/c1-4-7-9-11-13-15-17-19-21-23-25-27-29-31-33-35-37-39-41-43-48(46(6-3)45-47(49)50)44-42-40-38-36-34-32-30-28-26-24-22-20-18-16-14-12-10-8-5-2/h46H,4-45H2,1-3H3,(H,49,50). The van der Waals surface area contributed by atoms with Crippen molar-refractivity contribution in [2.75, 3.05) is 13.1 Å². The number of carboxylic acid groups (broad SMARTS) is 1. The van der Waals surface area contributed by atoms with Crippen molar-refractivity contribution in [3.05, 3.63) is 0 Å². The van der Waals surface area contributed by atoms with E-state index in [1.54, 1.807) is 0 Å². The molecule has 0 fully saturated rings. The first-order chi connectivity index (χ1) is 24.7. The van der Waals surface area contributed by atoms with Crippen LogP contribution in [0.25, 0.3) is 0 Å². The van der Waals surface area contributed by atoms with E-state index in [1.807, 2.05) is 0 Å². The van der Waals surface area contributed by atoms with Crippen molar-refractivity contribution in [1.82, 2.24) is 4.90 Å². The van der Waals surface area contributed by atoms with Crippen molar-refractivity contribution in [1.29, 1.82) is 0 Å². The molecule has 0 saturated carbocycles. The summed E-state index contributed by atoms with van der Waals surface area (Å²) in [6.45, 7) is 8.95. The van der Waals surface area contributed by atoms with Crippen LogP contribution in [0.3, 0.4) is 0 Å². The Morgan fingerprint density at radius 3 is 0.740 bits per heavy atom. The zero-order valence-electron chi connectivity index (χ0n) is 35.1. The maximum Gasteiger partial charge on any atom is 0.304 e. The lowest BCUT2D eigenvalue weighted by Gasteiger charge is -2.30. The molecule has 0 aromatic carbocycles. The summed E-state index contributed by atoms with van der Waals surface area (Å²) in [7, 11) is 0. The lowest BCUT2D eigenvalue weighted by molar-refractivity contribution is -0.138. The average molecular weight is 706 g/mol. The van der Waals surface area contributed by atoms with E-state index in [2.05, 4.69) is 25.7 Å². The predicted octanol–water partition coefficient (Wildman–Crippen LogP) is 16.4. The second kappa shape index (κ2) is 42.8. The third kappa shape index (κ3) is 38.7. The number of unbranched alkanes of at least 4 members (excludes halogenated alkanes) is 36. The minimum atomic E-state index is -0.636. The smallest absolute Gasteiger partial charge is 0.304 e. The molecule has 0 rings (SSSR count). The molecule has 300 valence electrons. The van der Waals surface area contributed by atoms with Gasteiger partial charge < -0.3 is 5.11 Å². The van der Waals surface area contributed by atoms with E-state index >= 15 is 0 Å². The largest absolute Gasteiger partial charge is 0.481 e. The van der Waals surface area contributed by atoms with E-state index in [9.17, 15) is 9.90 Å². The molecule has 0 heterocycles. The first-order valence-corrected chi connectivity index (χ1v) is 23.6. The lowest BCUT2D eigenvalue weighted by atomic mass is 10.0. The van der Waals surface area contributed by atoms with Crippen LogP contribution in [0.2, 0.25) is 0 Å². The van der Waals surface area contributed by atoms with Crippen molar-refractivity contribution in [3.63, 3.8) is 0 Å². The molecule has 0 bridgehead atoms. The van der Waals surface area contributed by atoms with Crippen LogP contribution in [0.1, 0.15) is 278 Å². The van der Waals surface area contributed by atoms with Crippen molar-refractivity contribution >= 4 is 5.97 Å². The molecule has 0 aliphatic heterocycles. The number of nitrogens with zero attached hydrogens (tertiary/aromatic N) is 1. The van der Waals surface area contributed by atoms with Crippen LogP contribution in [0.4, 0.5) is 0 Å². The van der Waals surface area contributed by atoms with Gasteiger partial charge in [-0.2, -0.15) is 0 Å². The van der Waals surface area contributed by atoms with Gasteiger partial charge in [0.2, 0.25) is 0 Å². The third-order valence-electron chi connectivity index (χ3n) is 11.5. The van der Waals surface area contributed by atoms with Gasteiger partial charge in [0, 0.05) is 6.04 Å². The number of aliphatic carboxylic acids is 1. The Hall–Kier alpha value is -0.570. The number of rotatable bonds is 44. The highest BCUT2D eigenvalue weighted by atomic mass is 16.4. The van der Waals surface area contributed by atoms with Gasteiger partial charge in [0.1, 0.15) is 0 Å². The molecule has 1 unspecified atom stereocenters. The summed E-state index contributed by atoms with van der Waals surface area (Å²) in [6.07, 6.45) is 54.9. The van der Waals surface area contributed by atoms with Crippen molar-refractivity contribution in [2.24, 2.45) is 0 Å². The highest BCUT2D eigenvalue weighted by molar-refractivity contribution is 5.67. The zero-order valence-corrected chi connectivity index (χ0v) is 35.1. The molecule has 0 aliphatic rings. The third-order valence-corrected chi connectivity index (χ3v) is 11.5. The van der Waals surface area contributed by atoms with E-state index in [1.165, 1.54) is 244 Å². The van der Waals surface area contributed by atoms with Gasteiger partial charge in [0.05, 0.1) is 6.42 Å². The highest BCUT2D eigenvalue weighted by Crippen LogP contribution is 2.18. The van der Waals surface area contributed by atoms with Crippen LogP contribution >= 0.6 is 0 Å². The summed E-state index contributed by atoms with van der Waals surface area (Å²) >= 11 is 0. The minimum absolute atomic E-state index is 0.207. The molecule has 0 aromatic rings. The molecule has 0 spiro atoms. The van der Waals surface area contributed by atoms with Crippen LogP contribution in [0, 0.1) is 0 Å². The van der Waals surface area contributed by atoms with E-state index < -0.39 is 5.97 Å². The second-order valence-electron chi connectivity index (χ2n) is 16.4. The van der Waals surface area contributed by atoms with E-state index in [0.717, 1.165) is 19.5 Å². The molecule has 3 nitrogen and oxygen atoms in total. The normalized spacial score (nSPS) is 12.3. The maximum atomic E-state index is 11.5. The molecule has 0 aromatic heterocycles. The number of hydrogen-bond donors (Lipinski definition) is 1. The molecule has 50 heavy (non-hydrogen) atoms. The molecule has 3 heteroatoms. The van der Waals surface area contributed by atoms with Gasteiger partial charge in [-0.3, -0.25) is 9.69 Å². The molecule has 0 aliphatic carbocycles. The van der Waals surface area contributed by atoms with Crippen molar-refractivity contribution < 1.29 is 9.90 Å². The van der Waals surface area contributed by atoms with E-state index in [0.29, 0.717) is 6.42 Å². The van der Waals surface area contributed by atoms with Crippen molar-refractivity contribution in [2.45, 2.75) is 284 Å². The molecule has 0 saturated heterocycles. The van der Waals surface area contributed by atoms with Gasteiger partial charge in [-0.15, -0.1) is 0 Å². The Balaban J connectivity index is 3.72. The Morgan fingerprint density at radius 2 is 0.560 bits per heavy atom. The van der Waals surface area contributed by atoms with Gasteiger partial charge in [-0.05, 0) is 32.4 Å². The van der Waals surface area contributed by atoms with Gasteiger partial charge in [0.15, 0.2) is 0 Å². The average Bonchev–Trinajstić information content (AvgIpc) is 3.11. The van der Waals surface area contributed by atoms with Crippen molar-refractivity contribution in [3.8, 4) is 0 Å². The fraction of sp³-hybridized carbons (Fsp3) is 0.979. The zero-order chi connectivity index (χ0) is 36.4. The molecular weight excluding hydrogens is 611 g/mol. The summed E-state index contributed by atoms with van der Waals surface area (Å²) in [4.78, 5) is 14.1. The summed E-state index contributed by atoms with van der Waals surface area (Å²) in [5.41, 5.74) is 0. The fourth-order valence-corrected chi connectivity index (χ4v) is 8.00. The summed E-state index contributed by atoms with van der Waals surface area (Å²) in [5.74, 6) is -0.636. The molecule has 1 N–H and O–H groups in total. The number of hydrogen-bond acceptors (Lipinski definition) is 2. The van der Waals surface area contributed by atoms with Crippen LogP contribution in [0.15, 0.2) is 0 Å². The monoisotopic (exact) mass is 706 g/mol. The van der Waals surface area contributed by atoms with Crippen LogP contribution < -0.4 is 0 Å². The minimum Gasteiger partial charge on any atom is -0.481 e. The maximum absolute atomic E-state index is 11.5. The lowest BCUT2D eigenvalue weighted by Crippen LogP contribution is -2.38. The molecule has 1 atom stereocenters. The number of carboxylic acids is 1. The first kappa shape index (κ1) is 49.4. The Kier molecular flexibility index (Phi) is 42.4. The Bertz CT molecular complexity index is 595. The van der Waals surface area contributed by atoms with Gasteiger partial charge in [-0.1, -0.05) is 252 Å². The molecule has 0 radical (unpaired) electrons. The summed E-state index contributed by atoms with van der Waals surface area (Å²) in [5, 5.41) is 9.51. The predicted molar refractivity (Wildman–Crippen MR) is 225 cm³/mol. The van der Waals surface area contributed by atoms with E-state index in [-0.39, 0.29) is 6.04 Å². The van der Waals surface area contributed by atoms with Crippen LogP contribution in [-0.2, 0) is 4.79 Å². The quantitative estimate of drug-likeness (QED) is 0.0642. The second-order valence-corrected chi connectivity index (χ2v) is 16.4. The van der Waals surface area contributed by atoms with Gasteiger partial charge >= 0.3 is 5.97 Å². The summed E-state index contributed by atoms with van der Waals surface area (Å²) in [6, 6.07) is 0.207. The fourth-order valence-electron chi connectivity index (χ4n) is 8.00. The van der Waals surface area contributed by atoms with Crippen LogP contribution in [0.5, 0.6) is 0 Å². The van der Waals surface area contributed by atoms with Gasteiger partial charge in [0.25, 0.3) is 0 Å². The van der Waals surface area contributed by atoms with Crippen LogP contribution in [-0.4, -0.2) is 35.1 Å². The summed E-state index contributed by atoms with van der Waals surface area (Å²) < 4.78 is 0. The topological polar surface area (TPSA) is 40.5 Å². The Labute approximate surface area is 316 Å². The van der Waals surface area contributed by atoms with E-state index in [4.69, 9.17) is 0 Å². The highest BCUT2D eigenvalue weighted by Gasteiger charge is 2.19. The van der Waals surface area contributed by atoms with Gasteiger partial charge in [-0.25, -0.2) is 0 Å². The molecular formula is C47H95NO2.